The Morgan fingerprint density at radius 3 is 2.54 bits per heavy atom. The number of aromatic nitrogens is 1. The van der Waals surface area contributed by atoms with Gasteiger partial charge in [0.05, 0.1) is 7.11 Å². The second kappa shape index (κ2) is 10.3. The third kappa shape index (κ3) is 6.63. The van der Waals surface area contributed by atoms with Crippen molar-refractivity contribution in [2.45, 2.75) is 20.3 Å². The summed E-state index contributed by atoms with van der Waals surface area (Å²) >= 11 is 0. The highest BCUT2D eigenvalue weighted by Crippen LogP contribution is 2.17. The molecule has 2 N–H and O–H groups in total. The fourth-order valence-electron chi connectivity index (χ4n) is 2.27. The van der Waals surface area contributed by atoms with Gasteiger partial charge in [0.2, 0.25) is 0 Å². The number of carbonyl (C=O) groups is 1. The van der Waals surface area contributed by atoms with Gasteiger partial charge in [-0.05, 0) is 48.7 Å². The molecule has 1 aromatic heterocycles. The lowest BCUT2D eigenvalue weighted by Gasteiger charge is -2.10. The van der Waals surface area contributed by atoms with Gasteiger partial charge in [0, 0.05) is 25.0 Å². The maximum absolute atomic E-state index is 12.1. The molecule has 2 aromatic rings. The van der Waals surface area contributed by atoms with E-state index < -0.39 is 0 Å². The van der Waals surface area contributed by atoms with Crippen molar-refractivity contribution in [3.05, 3.63) is 48.3 Å². The molecule has 0 saturated heterocycles. The Bertz CT molecular complexity index is 687. The molecule has 1 aromatic carbocycles. The van der Waals surface area contributed by atoms with Crippen LogP contribution in [0.15, 0.2) is 42.6 Å². The summed E-state index contributed by atoms with van der Waals surface area (Å²) < 4.78 is 10.8. The van der Waals surface area contributed by atoms with Crippen LogP contribution in [0.25, 0.3) is 0 Å². The van der Waals surface area contributed by atoms with E-state index in [0.29, 0.717) is 31.3 Å². The topological polar surface area (TPSA) is 72.5 Å². The van der Waals surface area contributed by atoms with E-state index in [4.69, 9.17) is 9.47 Å². The minimum atomic E-state index is -0.149. The van der Waals surface area contributed by atoms with Gasteiger partial charge in [-0.15, -0.1) is 0 Å². The normalized spacial score (nSPS) is 10.5. The summed E-state index contributed by atoms with van der Waals surface area (Å²) in [6, 6.07) is 11.0. The van der Waals surface area contributed by atoms with Crippen molar-refractivity contribution >= 4 is 11.6 Å². The highest BCUT2D eigenvalue weighted by molar-refractivity contribution is 5.93. The van der Waals surface area contributed by atoms with E-state index in [1.165, 1.54) is 0 Å². The van der Waals surface area contributed by atoms with Crippen LogP contribution in [-0.4, -0.2) is 37.7 Å². The first-order valence-corrected chi connectivity index (χ1v) is 8.83. The van der Waals surface area contributed by atoms with Crippen molar-refractivity contribution in [3.63, 3.8) is 0 Å². The van der Waals surface area contributed by atoms with Crippen molar-refractivity contribution < 1.29 is 14.3 Å². The maximum atomic E-state index is 12.1. The number of methoxy groups -OCH3 is 1. The molecule has 0 saturated carbocycles. The Balaban J connectivity index is 1.76. The van der Waals surface area contributed by atoms with Crippen molar-refractivity contribution in [2.24, 2.45) is 5.92 Å². The molecule has 6 nitrogen and oxygen atoms in total. The summed E-state index contributed by atoms with van der Waals surface area (Å²) in [7, 11) is 1.63. The fraction of sp³-hybridized carbons (Fsp3) is 0.400. The molecule has 0 spiro atoms. The van der Waals surface area contributed by atoms with Gasteiger partial charge in [-0.2, -0.15) is 0 Å². The Labute approximate surface area is 154 Å². The molecule has 0 aliphatic rings. The van der Waals surface area contributed by atoms with E-state index >= 15 is 0 Å². The number of benzene rings is 1. The van der Waals surface area contributed by atoms with Crippen molar-refractivity contribution in [1.29, 1.82) is 0 Å². The summed E-state index contributed by atoms with van der Waals surface area (Å²) in [6.07, 6.45) is 2.58. The van der Waals surface area contributed by atoms with Crippen LogP contribution < -0.4 is 20.1 Å². The van der Waals surface area contributed by atoms with Gasteiger partial charge in [0.25, 0.3) is 5.91 Å². The zero-order chi connectivity index (χ0) is 18.8. The quantitative estimate of drug-likeness (QED) is 0.638. The van der Waals surface area contributed by atoms with E-state index in [1.54, 1.807) is 19.4 Å². The standard InChI is InChI=1S/C20H27N3O3/c1-15(2)8-10-23-20(24)19-14-16(9-11-22-19)21-12-13-26-18-6-4-17(25-3)5-7-18/h4-7,9,11,14-15H,8,10,12-13H2,1-3H3,(H,21,22)(H,23,24). The summed E-state index contributed by atoms with van der Waals surface area (Å²) in [4.78, 5) is 16.2. The van der Waals surface area contributed by atoms with Crippen LogP contribution in [0.4, 0.5) is 5.69 Å². The lowest BCUT2D eigenvalue weighted by molar-refractivity contribution is 0.0947. The first kappa shape index (κ1) is 19.6. The van der Waals surface area contributed by atoms with Gasteiger partial charge in [-0.3, -0.25) is 9.78 Å². The van der Waals surface area contributed by atoms with E-state index in [-0.39, 0.29) is 5.91 Å². The third-order valence-electron chi connectivity index (χ3n) is 3.76. The molecule has 6 heteroatoms. The van der Waals surface area contributed by atoms with E-state index in [9.17, 15) is 4.79 Å². The number of hydrogen-bond acceptors (Lipinski definition) is 5. The molecule has 0 aliphatic heterocycles. The van der Waals surface area contributed by atoms with Gasteiger partial charge in [-0.25, -0.2) is 0 Å². The number of nitrogens with one attached hydrogen (secondary N) is 2. The van der Waals surface area contributed by atoms with Gasteiger partial charge in [0.15, 0.2) is 0 Å². The number of nitrogens with zero attached hydrogens (tertiary/aromatic N) is 1. The summed E-state index contributed by atoms with van der Waals surface area (Å²) in [5.74, 6) is 1.99. The first-order valence-electron chi connectivity index (χ1n) is 8.83. The zero-order valence-corrected chi connectivity index (χ0v) is 15.6. The predicted molar refractivity (Wildman–Crippen MR) is 103 cm³/mol. The van der Waals surface area contributed by atoms with E-state index in [2.05, 4.69) is 29.5 Å². The number of pyridine rings is 1. The van der Waals surface area contributed by atoms with Crippen LogP contribution in [0.2, 0.25) is 0 Å². The van der Waals surface area contributed by atoms with Crippen LogP contribution in [0.3, 0.4) is 0 Å². The number of rotatable bonds is 10. The molecule has 1 amide bonds. The number of carbonyl (C=O) groups excluding carboxylic acids is 1. The zero-order valence-electron chi connectivity index (χ0n) is 15.6. The third-order valence-corrected chi connectivity index (χ3v) is 3.76. The van der Waals surface area contributed by atoms with Crippen LogP contribution in [0, 0.1) is 5.92 Å². The molecule has 26 heavy (non-hydrogen) atoms. The van der Waals surface area contributed by atoms with E-state index in [0.717, 1.165) is 23.6 Å². The highest BCUT2D eigenvalue weighted by atomic mass is 16.5. The second-order valence-corrected chi connectivity index (χ2v) is 6.32. The number of hydrogen-bond donors (Lipinski definition) is 2. The summed E-state index contributed by atoms with van der Waals surface area (Å²) in [5, 5.41) is 6.13. The van der Waals surface area contributed by atoms with Crippen LogP contribution in [0.5, 0.6) is 11.5 Å². The van der Waals surface area contributed by atoms with Gasteiger partial charge in [0.1, 0.15) is 23.8 Å². The largest absolute Gasteiger partial charge is 0.497 e. The van der Waals surface area contributed by atoms with Crippen LogP contribution in [0.1, 0.15) is 30.8 Å². The SMILES string of the molecule is COc1ccc(OCCNc2ccnc(C(=O)NCCC(C)C)c2)cc1. The molecular formula is C20H27N3O3. The Kier molecular flexibility index (Phi) is 7.74. The molecule has 0 radical (unpaired) electrons. The van der Waals surface area contributed by atoms with Crippen molar-refractivity contribution in [2.75, 3.05) is 32.1 Å². The number of ether oxygens (including phenoxy) is 2. The summed E-state index contributed by atoms with van der Waals surface area (Å²) in [6.45, 7) is 6.03. The molecule has 0 bridgehead atoms. The van der Waals surface area contributed by atoms with Gasteiger partial charge >= 0.3 is 0 Å². The minimum Gasteiger partial charge on any atom is -0.497 e. The van der Waals surface area contributed by atoms with Gasteiger partial charge < -0.3 is 20.1 Å². The van der Waals surface area contributed by atoms with Crippen LogP contribution >= 0.6 is 0 Å². The Morgan fingerprint density at radius 1 is 1.12 bits per heavy atom. The number of amides is 1. The average molecular weight is 357 g/mol. The molecule has 0 atom stereocenters. The monoisotopic (exact) mass is 357 g/mol. The molecule has 2 rings (SSSR count). The molecular weight excluding hydrogens is 330 g/mol. The molecule has 0 aliphatic carbocycles. The predicted octanol–water partition coefficient (Wildman–Crippen LogP) is 3.36. The van der Waals surface area contributed by atoms with Crippen molar-refractivity contribution in [1.82, 2.24) is 10.3 Å². The Morgan fingerprint density at radius 2 is 1.85 bits per heavy atom. The van der Waals surface area contributed by atoms with Crippen LogP contribution in [-0.2, 0) is 0 Å². The fourth-order valence-corrected chi connectivity index (χ4v) is 2.27. The Hall–Kier alpha value is -2.76. The average Bonchev–Trinajstić information content (AvgIpc) is 2.65. The summed E-state index contributed by atoms with van der Waals surface area (Å²) in [5.41, 5.74) is 1.25. The molecule has 0 unspecified atom stereocenters. The van der Waals surface area contributed by atoms with E-state index in [1.807, 2.05) is 30.3 Å². The molecule has 1 heterocycles. The maximum Gasteiger partial charge on any atom is 0.269 e. The van der Waals surface area contributed by atoms with Gasteiger partial charge in [-0.1, -0.05) is 13.8 Å². The number of anilines is 1. The second-order valence-electron chi connectivity index (χ2n) is 6.32. The van der Waals surface area contributed by atoms with Crippen molar-refractivity contribution in [3.8, 4) is 11.5 Å². The smallest absolute Gasteiger partial charge is 0.269 e. The lowest BCUT2D eigenvalue weighted by Crippen LogP contribution is -2.26. The molecule has 0 fully saturated rings. The molecule has 140 valence electrons. The lowest BCUT2D eigenvalue weighted by atomic mass is 10.1. The minimum absolute atomic E-state index is 0.149. The highest BCUT2D eigenvalue weighted by Gasteiger charge is 2.07. The first-order chi connectivity index (χ1) is 12.6.